The van der Waals surface area contributed by atoms with Gasteiger partial charge in [0.15, 0.2) is 0 Å². The molecular weight excluding hydrogens is 609 g/mol. The Hall–Kier alpha value is -2.35. The molecule has 3 heterocycles. The zero-order chi connectivity index (χ0) is 25.7. The first-order valence-electron chi connectivity index (χ1n) is 11.8. The number of anilines is 2. The fourth-order valence-corrected chi connectivity index (χ4v) is 6.08. The van der Waals surface area contributed by atoms with Crippen LogP contribution in [-0.2, 0) is 14.8 Å². The molecule has 3 aromatic rings. The number of aromatic carboxylic acids is 1. The van der Waals surface area contributed by atoms with Gasteiger partial charge in [-0.1, -0.05) is 19.4 Å². The summed E-state index contributed by atoms with van der Waals surface area (Å²) in [6.45, 7) is 5.64. The molecule has 1 aliphatic rings. The number of carboxylic acid groups (broad SMARTS) is 1. The smallest absolute Gasteiger partial charge is 0.336 e. The number of halogens is 3. The van der Waals surface area contributed by atoms with E-state index >= 15 is 0 Å². The van der Waals surface area contributed by atoms with Crippen molar-refractivity contribution in [1.29, 1.82) is 0 Å². The summed E-state index contributed by atoms with van der Waals surface area (Å²) in [6, 6.07) is 9.36. The van der Waals surface area contributed by atoms with Gasteiger partial charge in [-0.25, -0.2) is 18.2 Å². The van der Waals surface area contributed by atoms with Crippen LogP contribution in [0.1, 0.15) is 30.1 Å². The van der Waals surface area contributed by atoms with Gasteiger partial charge in [0.05, 0.1) is 17.6 Å². The largest absolute Gasteiger partial charge is 0.478 e. The van der Waals surface area contributed by atoms with E-state index in [1.54, 1.807) is 23.6 Å². The summed E-state index contributed by atoms with van der Waals surface area (Å²) < 4.78 is 27.8. The average molecular weight is 641 g/mol. The van der Waals surface area contributed by atoms with Gasteiger partial charge in [-0.05, 0) is 42.1 Å². The van der Waals surface area contributed by atoms with Crippen LogP contribution in [0.2, 0.25) is 0 Å². The van der Waals surface area contributed by atoms with Crippen LogP contribution in [0.25, 0.3) is 10.9 Å². The van der Waals surface area contributed by atoms with Crippen molar-refractivity contribution in [1.82, 2.24) is 15.2 Å². The maximum atomic E-state index is 12.6. The first-order chi connectivity index (χ1) is 17.3. The molecule has 1 amide bonds. The molecule has 216 valence electrons. The number of carboxylic acids is 1. The van der Waals surface area contributed by atoms with Crippen molar-refractivity contribution >= 4 is 92.9 Å². The summed E-state index contributed by atoms with van der Waals surface area (Å²) in [7, 11) is -3.76. The molecule has 4 rings (SSSR count). The highest BCUT2D eigenvalue weighted by atomic mass is 35.5. The lowest BCUT2D eigenvalue weighted by molar-refractivity contribution is -0.122. The number of fused-ring (bicyclic) bond motifs is 1. The van der Waals surface area contributed by atoms with Crippen LogP contribution in [-0.4, -0.2) is 74.6 Å². The van der Waals surface area contributed by atoms with Crippen molar-refractivity contribution in [2.24, 2.45) is 0 Å². The molecule has 1 aromatic carbocycles. The van der Waals surface area contributed by atoms with Gasteiger partial charge in [0, 0.05) is 43.8 Å². The highest BCUT2D eigenvalue weighted by molar-refractivity contribution is 7.94. The van der Waals surface area contributed by atoms with Gasteiger partial charge in [0.2, 0.25) is 5.91 Å². The number of pyridine rings is 1. The molecule has 1 fully saturated rings. The molecule has 1 aliphatic heterocycles. The Balaban J connectivity index is 0.00000253. The lowest BCUT2D eigenvalue weighted by Gasteiger charge is -2.35. The Bertz CT molecular complexity index is 1350. The van der Waals surface area contributed by atoms with E-state index in [9.17, 15) is 23.1 Å². The maximum absolute atomic E-state index is 12.6. The molecule has 1 saturated heterocycles. The van der Waals surface area contributed by atoms with Crippen LogP contribution in [0.5, 0.6) is 0 Å². The summed E-state index contributed by atoms with van der Waals surface area (Å²) in [5.74, 6) is -0.567. The molecule has 0 atom stereocenters. The van der Waals surface area contributed by atoms with Crippen molar-refractivity contribution < 1.29 is 23.1 Å². The van der Waals surface area contributed by atoms with Gasteiger partial charge < -0.3 is 15.3 Å². The van der Waals surface area contributed by atoms with E-state index in [0.717, 1.165) is 24.2 Å². The third-order valence-electron chi connectivity index (χ3n) is 5.95. The molecule has 0 saturated carbocycles. The second-order valence-electron chi connectivity index (χ2n) is 8.57. The number of carbonyl (C=O) groups is 2. The van der Waals surface area contributed by atoms with E-state index in [2.05, 4.69) is 26.8 Å². The molecule has 0 radical (unpaired) electrons. The van der Waals surface area contributed by atoms with E-state index < -0.39 is 16.0 Å². The summed E-state index contributed by atoms with van der Waals surface area (Å²) in [5.41, 5.74) is 0.769. The van der Waals surface area contributed by atoms with Crippen molar-refractivity contribution in [2.75, 3.05) is 48.9 Å². The van der Waals surface area contributed by atoms with Crippen LogP contribution in [0.15, 0.2) is 46.0 Å². The van der Waals surface area contributed by atoms with Crippen LogP contribution >= 0.6 is 48.6 Å². The molecular formula is C24H32Cl3N5O5S2. The highest BCUT2D eigenvalue weighted by Gasteiger charge is 2.23. The zero-order valence-corrected chi connectivity index (χ0v) is 25.2. The van der Waals surface area contributed by atoms with E-state index in [4.69, 9.17) is 0 Å². The van der Waals surface area contributed by atoms with Gasteiger partial charge in [-0.3, -0.25) is 14.4 Å². The highest BCUT2D eigenvalue weighted by Crippen LogP contribution is 2.28. The number of hydrogen-bond acceptors (Lipinski definition) is 8. The first-order valence-corrected chi connectivity index (χ1v) is 14.1. The Morgan fingerprint density at radius 2 is 1.79 bits per heavy atom. The fourth-order valence-electron chi connectivity index (χ4n) is 4.03. The maximum Gasteiger partial charge on any atom is 0.336 e. The van der Waals surface area contributed by atoms with Crippen LogP contribution in [0.4, 0.5) is 11.5 Å². The summed E-state index contributed by atoms with van der Waals surface area (Å²) in [5, 5.41) is 14.8. The van der Waals surface area contributed by atoms with Crippen molar-refractivity contribution in [2.45, 2.75) is 24.0 Å². The van der Waals surface area contributed by atoms with Crippen LogP contribution < -0.4 is 14.9 Å². The third kappa shape index (κ3) is 8.82. The topological polar surface area (TPSA) is 132 Å². The molecule has 2 aromatic heterocycles. The number of benzene rings is 1. The van der Waals surface area contributed by atoms with Gasteiger partial charge in [0.25, 0.3) is 10.0 Å². The number of hydrogen-bond donors (Lipinski definition) is 3. The van der Waals surface area contributed by atoms with E-state index in [0.29, 0.717) is 56.0 Å². The van der Waals surface area contributed by atoms with Gasteiger partial charge >= 0.3 is 5.97 Å². The number of sulfonamides is 1. The molecule has 10 nitrogen and oxygen atoms in total. The van der Waals surface area contributed by atoms with Gasteiger partial charge in [0.1, 0.15) is 10.0 Å². The molecule has 0 spiro atoms. The second kappa shape index (κ2) is 15.4. The fraction of sp³-hybridized carbons (Fsp3) is 0.375. The number of carbonyl (C=O) groups excluding carboxylic acids is 1. The standard InChI is InChI=1S/C24H29N5O5S2.3ClH/c1-2-3-8-25-22(30)16-28-9-11-29(12-10-28)21-15-19(24(31)32)18-14-17(6-7-20(18)26-21)27-36(33,34)23-5-4-13-35-23;;;/h4-7,13-15,27H,2-3,8-12,16H2,1H3,(H,25,30)(H,31,32);3*1H. The first kappa shape index (κ1) is 34.7. The van der Waals surface area contributed by atoms with E-state index in [1.807, 2.05) is 4.90 Å². The summed E-state index contributed by atoms with van der Waals surface area (Å²) in [6.07, 6.45) is 1.99. The monoisotopic (exact) mass is 639 g/mol. The van der Waals surface area contributed by atoms with Crippen LogP contribution in [0.3, 0.4) is 0 Å². The molecule has 0 aliphatic carbocycles. The molecule has 0 bridgehead atoms. The lowest BCUT2D eigenvalue weighted by atomic mass is 10.1. The third-order valence-corrected chi connectivity index (χ3v) is 8.73. The molecule has 0 unspecified atom stereocenters. The van der Waals surface area contributed by atoms with Crippen molar-refractivity contribution in [3.8, 4) is 0 Å². The second-order valence-corrected chi connectivity index (χ2v) is 11.4. The number of aromatic nitrogens is 1. The molecule has 39 heavy (non-hydrogen) atoms. The Morgan fingerprint density at radius 1 is 1.08 bits per heavy atom. The predicted molar refractivity (Wildman–Crippen MR) is 162 cm³/mol. The van der Waals surface area contributed by atoms with E-state index in [-0.39, 0.29) is 58.6 Å². The minimum atomic E-state index is -3.76. The van der Waals surface area contributed by atoms with Crippen LogP contribution in [0, 0.1) is 0 Å². The number of thiophene rings is 1. The Kier molecular flexibility index (Phi) is 13.7. The Labute approximate surface area is 250 Å². The number of nitrogens with one attached hydrogen (secondary N) is 2. The van der Waals surface area contributed by atoms with E-state index in [1.165, 1.54) is 18.2 Å². The summed E-state index contributed by atoms with van der Waals surface area (Å²) >= 11 is 1.10. The quantitative estimate of drug-likeness (QED) is 0.282. The number of piperazine rings is 1. The number of amides is 1. The number of unbranched alkanes of at least 4 members (excludes halogenated alkanes) is 1. The number of nitrogens with zero attached hydrogens (tertiary/aromatic N) is 3. The van der Waals surface area contributed by atoms with Gasteiger partial charge in [-0.15, -0.1) is 48.6 Å². The normalized spacial score (nSPS) is 13.5. The lowest BCUT2D eigenvalue weighted by Crippen LogP contribution is -2.49. The number of rotatable bonds is 10. The van der Waals surface area contributed by atoms with Crippen molar-refractivity contribution in [3.63, 3.8) is 0 Å². The molecule has 15 heteroatoms. The Morgan fingerprint density at radius 3 is 2.41 bits per heavy atom. The van der Waals surface area contributed by atoms with Crippen molar-refractivity contribution in [3.05, 3.63) is 47.3 Å². The minimum Gasteiger partial charge on any atom is -0.478 e. The average Bonchev–Trinajstić information content (AvgIpc) is 3.40. The minimum absolute atomic E-state index is 0. The summed E-state index contributed by atoms with van der Waals surface area (Å²) in [4.78, 5) is 32.9. The molecule has 3 N–H and O–H groups in total. The zero-order valence-electron chi connectivity index (χ0n) is 21.2. The SMILES string of the molecule is CCCCNC(=O)CN1CCN(c2cc(C(=O)O)c3cc(NS(=O)(=O)c4cccs4)ccc3n2)CC1.Cl.Cl.Cl. The predicted octanol–water partition coefficient (Wildman–Crippen LogP) is 4.10. The van der Waals surface area contributed by atoms with Gasteiger partial charge in [-0.2, -0.15) is 0 Å².